The molecule has 6 nitrogen and oxygen atoms in total. The molecule has 0 atom stereocenters. The molecule has 0 bridgehead atoms. The summed E-state index contributed by atoms with van der Waals surface area (Å²) in [5, 5.41) is 2.92. The molecule has 0 aliphatic heterocycles. The van der Waals surface area contributed by atoms with E-state index in [1.807, 2.05) is 0 Å². The van der Waals surface area contributed by atoms with Crippen molar-refractivity contribution in [1.29, 1.82) is 0 Å². The second kappa shape index (κ2) is 7.68. The molecular weight excluding hydrogens is 410 g/mol. The van der Waals surface area contributed by atoms with Gasteiger partial charge in [-0.1, -0.05) is 18.2 Å². The van der Waals surface area contributed by atoms with Crippen molar-refractivity contribution in [2.75, 3.05) is 10.0 Å². The van der Waals surface area contributed by atoms with Crippen molar-refractivity contribution < 1.29 is 17.2 Å². The minimum Gasteiger partial charge on any atom is -0.337 e. The lowest BCUT2D eigenvalue weighted by Gasteiger charge is -2.14. The van der Waals surface area contributed by atoms with Crippen LogP contribution in [0.5, 0.6) is 0 Å². The minimum absolute atomic E-state index is 0.0704. The fourth-order valence-electron chi connectivity index (χ4n) is 2.77. The third-order valence-electron chi connectivity index (χ3n) is 4.36. The highest BCUT2D eigenvalue weighted by Gasteiger charge is 2.19. The Bertz CT molecular complexity index is 1340. The summed E-state index contributed by atoms with van der Waals surface area (Å²) in [5.74, 6) is -0.938. The Labute approximate surface area is 171 Å². The number of rotatable bonds is 5. The van der Waals surface area contributed by atoms with Crippen LogP contribution in [-0.4, -0.2) is 18.4 Å². The van der Waals surface area contributed by atoms with E-state index in [-0.39, 0.29) is 16.5 Å². The Hall–Kier alpha value is -3.59. The molecule has 4 rings (SSSR count). The number of hydrogen-bond acceptors (Lipinski definition) is 5. The van der Waals surface area contributed by atoms with E-state index in [2.05, 4.69) is 20.0 Å². The van der Waals surface area contributed by atoms with Crippen LogP contribution in [0.1, 0.15) is 5.56 Å². The summed E-state index contributed by atoms with van der Waals surface area (Å²) >= 11 is 0. The van der Waals surface area contributed by atoms with Crippen LogP contribution in [0.25, 0.3) is 11.0 Å². The van der Waals surface area contributed by atoms with E-state index in [4.69, 9.17) is 0 Å². The molecule has 0 aliphatic rings. The molecule has 0 unspecified atom stereocenters. The number of benzene rings is 3. The van der Waals surface area contributed by atoms with Gasteiger partial charge in [0.1, 0.15) is 11.6 Å². The Balaban J connectivity index is 1.78. The highest BCUT2D eigenvalue weighted by molar-refractivity contribution is 7.92. The first-order valence-electron chi connectivity index (χ1n) is 8.90. The van der Waals surface area contributed by atoms with E-state index in [1.54, 1.807) is 43.3 Å². The minimum atomic E-state index is -4.06. The Kier molecular flexibility index (Phi) is 5.04. The van der Waals surface area contributed by atoms with Gasteiger partial charge in [-0.15, -0.1) is 0 Å². The lowest BCUT2D eigenvalue weighted by Crippen LogP contribution is -2.16. The Morgan fingerprint density at radius 1 is 0.833 bits per heavy atom. The van der Waals surface area contributed by atoms with Crippen molar-refractivity contribution in [3.63, 3.8) is 0 Å². The summed E-state index contributed by atoms with van der Waals surface area (Å²) in [6, 6.07) is 15.8. The van der Waals surface area contributed by atoms with Crippen molar-refractivity contribution in [1.82, 2.24) is 9.97 Å². The van der Waals surface area contributed by atoms with E-state index >= 15 is 0 Å². The standard InChI is InChI=1S/C21H16F2N4O2S/c1-13-6-9-15(12-17(13)23)24-20-21(26-19-5-3-2-4-18(19)25-20)27-30(28,29)16-10-7-14(22)8-11-16/h2-12H,1H3,(H,24,25)(H,26,27). The van der Waals surface area contributed by atoms with Crippen molar-refractivity contribution in [2.45, 2.75) is 11.8 Å². The third kappa shape index (κ3) is 4.06. The van der Waals surface area contributed by atoms with Crippen LogP contribution >= 0.6 is 0 Å². The Morgan fingerprint density at radius 3 is 2.10 bits per heavy atom. The first-order chi connectivity index (χ1) is 14.3. The number of halogens is 2. The van der Waals surface area contributed by atoms with E-state index in [0.717, 1.165) is 24.3 Å². The predicted molar refractivity (Wildman–Crippen MR) is 111 cm³/mol. The molecule has 0 fully saturated rings. The van der Waals surface area contributed by atoms with Crippen molar-refractivity contribution in [3.8, 4) is 0 Å². The number of anilines is 3. The number of nitrogens with one attached hydrogen (secondary N) is 2. The molecule has 9 heteroatoms. The SMILES string of the molecule is Cc1ccc(Nc2nc3ccccc3nc2NS(=O)(=O)c2ccc(F)cc2)cc1F. The van der Waals surface area contributed by atoms with Gasteiger partial charge >= 0.3 is 0 Å². The fraction of sp³-hybridized carbons (Fsp3) is 0.0476. The van der Waals surface area contributed by atoms with E-state index in [0.29, 0.717) is 22.3 Å². The highest BCUT2D eigenvalue weighted by atomic mass is 32.2. The number of hydrogen-bond donors (Lipinski definition) is 2. The topological polar surface area (TPSA) is 84.0 Å². The average molecular weight is 426 g/mol. The summed E-state index contributed by atoms with van der Waals surface area (Å²) < 4.78 is 55.0. The number of para-hydroxylation sites is 2. The molecule has 0 saturated carbocycles. The molecule has 3 aromatic carbocycles. The van der Waals surface area contributed by atoms with Gasteiger partial charge in [0.2, 0.25) is 0 Å². The molecule has 1 heterocycles. The first-order valence-corrected chi connectivity index (χ1v) is 10.4. The molecule has 0 amide bonds. The van der Waals surface area contributed by atoms with Gasteiger partial charge in [0.15, 0.2) is 11.6 Å². The van der Waals surface area contributed by atoms with Crippen LogP contribution in [0.3, 0.4) is 0 Å². The van der Waals surface area contributed by atoms with Gasteiger partial charge in [-0.25, -0.2) is 27.2 Å². The molecule has 1 aromatic heterocycles. The average Bonchev–Trinajstić information content (AvgIpc) is 2.71. The second-order valence-corrected chi connectivity index (χ2v) is 8.24. The van der Waals surface area contributed by atoms with Crippen LogP contribution < -0.4 is 10.0 Å². The number of aryl methyl sites for hydroxylation is 1. The first kappa shape index (κ1) is 19.7. The number of fused-ring (bicyclic) bond motifs is 1. The molecule has 0 radical (unpaired) electrons. The van der Waals surface area contributed by atoms with Crippen molar-refractivity contribution in [2.24, 2.45) is 0 Å². The summed E-state index contributed by atoms with van der Waals surface area (Å²) in [7, 11) is -4.06. The van der Waals surface area contributed by atoms with Crippen LogP contribution in [0.2, 0.25) is 0 Å². The summed E-state index contributed by atoms with van der Waals surface area (Å²) in [6.07, 6.45) is 0. The third-order valence-corrected chi connectivity index (χ3v) is 5.71. The van der Waals surface area contributed by atoms with E-state index in [1.165, 1.54) is 6.07 Å². The van der Waals surface area contributed by atoms with Gasteiger partial charge in [-0.2, -0.15) is 0 Å². The fourth-order valence-corrected chi connectivity index (χ4v) is 3.77. The van der Waals surface area contributed by atoms with Gasteiger partial charge in [0.25, 0.3) is 10.0 Å². The molecule has 2 N–H and O–H groups in total. The van der Waals surface area contributed by atoms with Gasteiger partial charge in [0, 0.05) is 5.69 Å². The maximum atomic E-state index is 13.9. The maximum Gasteiger partial charge on any atom is 0.263 e. The van der Waals surface area contributed by atoms with E-state index < -0.39 is 21.7 Å². The molecule has 0 spiro atoms. The lowest BCUT2D eigenvalue weighted by molar-refractivity contribution is 0.599. The number of nitrogens with zero attached hydrogens (tertiary/aromatic N) is 2. The monoisotopic (exact) mass is 426 g/mol. The van der Waals surface area contributed by atoms with Crippen LogP contribution in [-0.2, 0) is 10.0 Å². The zero-order valence-electron chi connectivity index (χ0n) is 15.7. The van der Waals surface area contributed by atoms with Crippen molar-refractivity contribution >= 4 is 38.4 Å². The summed E-state index contributed by atoms with van der Waals surface area (Å²) in [6.45, 7) is 1.64. The zero-order valence-corrected chi connectivity index (χ0v) is 16.5. The molecule has 0 saturated heterocycles. The number of aromatic nitrogens is 2. The molecule has 4 aromatic rings. The van der Waals surface area contributed by atoms with Gasteiger partial charge < -0.3 is 5.32 Å². The Morgan fingerprint density at radius 2 is 1.47 bits per heavy atom. The summed E-state index contributed by atoms with van der Waals surface area (Å²) in [5.41, 5.74) is 1.85. The molecular formula is C21H16F2N4O2S. The number of sulfonamides is 1. The molecule has 30 heavy (non-hydrogen) atoms. The van der Waals surface area contributed by atoms with Crippen LogP contribution in [0.15, 0.2) is 71.6 Å². The lowest BCUT2D eigenvalue weighted by atomic mass is 10.2. The van der Waals surface area contributed by atoms with Gasteiger partial charge in [-0.3, -0.25) is 4.72 Å². The molecule has 152 valence electrons. The van der Waals surface area contributed by atoms with Gasteiger partial charge in [0.05, 0.1) is 15.9 Å². The predicted octanol–water partition coefficient (Wildman–Crippen LogP) is 4.76. The maximum absolute atomic E-state index is 13.9. The largest absolute Gasteiger partial charge is 0.337 e. The smallest absolute Gasteiger partial charge is 0.263 e. The summed E-state index contributed by atoms with van der Waals surface area (Å²) in [4.78, 5) is 8.65. The molecule has 0 aliphatic carbocycles. The van der Waals surface area contributed by atoms with E-state index in [9.17, 15) is 17.2 Å². The second-order valence-electron chi connectivity index (χ2n) is 6.56. The zero-order chi connectivity index (χ0) is 21.3. The van der Waals surface area contributed by atoms with Crippen LogP contribution in [0, 0.1) is 18.6 Å². The van der Waals surface area contributed by atoms with Gasteiger partial charge in [-0.05, 0) is 61.0 Å². The highest BCUT2D eigenvalue weighted by Crippen LogP contribution is 2.27. The van der Waals surface area contributed by atoms with Crippen molar-refractivity contribution in [3.05, 3.63) is 83.9 Å². The normalized spacial score (nSPS) is 11.4. The quantitative estimate of drug-likeness (QED) is 0.481. The van der Waals surface area contributed by atoms with Crippen LogP contribution in [0.4, 0.5) is 26.1 Å².